The molecule has 3 heteroatoms. The van der Waals surface area contributed by atoms with Crippen molar-refractivity contribution in [2.75, 3.05) is 41.3 Å². The van der Waals surface area contributed by atoms with Gasteiger partial charge in [-0.05, 0) is 41.3 Å². The van der Waals surface area contributed by atoms with Crippen LogP contribution >= 0.6 is 0 Å². The molecule has 0 aromatic heterocycles. The van der Waals surface area contributed by atoms with Crippen LogP contribution in [0.25, 0.3) is 0 Å². The minimum atomic E-state index is 0. The van der Waals surface area contributed by atoms with Crippen LogP contribution in [0.15, 0.2) is 0 Å². The summed E-state index contributed by atoms with van der Waals surface area (Å²) in [5.41, 5.74) is 0. The van der Waals surface area contributed by atoms with Crippen molar-refractivity contribution in [3.05, 3.63) is 6.42 Å². The van der Waals surface area contributed by atoms with Gasteiger partial charge in [-0.1, -0.05) is 0 Å². The predicted octanol–water partition coefficient (Wildman–Crippen LogP) is -1.90. The van der Waals surface area contributed by atoms with Crippen molar-refractivity contribution in [3.8, 4) is 0 Å². The van der Waals surface area contributed by atoms with Crippen molar-refractivity contribution in [2.24, 2.45) is 0 Å². The minimum Gasteiger partial charge on any atom is -0.326 e. The summed E-state index contributed by atoms with van der Waals surface area (Å²) in [5.74, 6) is 0. The maximum Gasteiger partial charge on any atom is 1.00 e. The fourth-order valence-electron chi connectivity index (χ4n) is 0.843. The van der Waals surface area contributed by atoms with Crippen molar-refractivity contribution in [2.45, 2.75) is 12.8 Å². The van der Waals surface area contributed by atoms with Gasteiger partial charge in [-0.3, -0.25) is 0 Å². The van der Waals surface area contributed by atoms with E-state index in [-0.39, 0.29) is 18.9 Å². The molecule has 0 aromatic rings. The molecule has 0 radical (unpaired) electrons. The van der Waals surface area contributed by atoms with E-state index in [4.69, 9.17) is 0 Å². The molecule has 12 heavy (non-hydrogen) atoms. The van der Waals surface area contributed by atoms with Gasteiger partial charge in [0.2, 0.25) is 0 Å². The summed E-state index contributed by atoms with van der Waals surface area (Å²) < 4.78 is 0. The third kappa shape index (κ3) is 13.1. The van der Waals surface area contributed by atoms with Crippen molar-refractivity contribution in [3.63, 3.8) is 0 Å². The van der Waals surface area contributed by atoms with Crippen LogP contribution in [0.1, 0.15) is 12.8 Å². The third-order valence-electron chi connectivity index (χ3n) is 1.56. The average Bonchev–Trinajstić information content (AvgIpc) is 1.85. The molecule has 0 N–H and O–H groups in total. The fraction of sp³-hybridized carbons (Fsp3) is 0.889. The van der Waals surface area contributed by atoms with Crippen LogP contribution in [0.4, 0.5) is 0 Å². The van der Waals surface area contributed by atoms with Crippen LogP contribution in [0.5, 0.6) is 0 Å². The maximum absolute atomic E-state index is 2.36. The van der Waals surface area contributed by atoms with Gasteiger partial charge in [0, 0.05) is 0 Å². The van der Waals surface area contributed by atoms with Gasteiger partial charge in [-0.15, -0.1) is 0 Å². The molecular weight excluding hydrogens is 143 g/mol. The molecule has 0 saturated carbocycles. The first-order chi connectivity index (χ1) is 5.13. The molecule has 2 nitrogen and oxygen atoms in total. The van der Waals surface area contributed by atoms with Gasteiger partial charge in [-0.25, -0.2) is 0 Å². The normalized spacial score (nSPS) is 10.5. The molecule has 0 unspecified atom stereocenters. The van der Waals surface area contributed by atoms with E-state index in [9.17, 15) is 0 Å². The Kier molecular flexibility index (Phi) is 12.0. The van der Waals surface area contributed by atoms with E-state index in [1.165, 1.54) is 25.9 Å². The monoisotopic (exact) mass is 164 g/mol. The topological polar surface area (TPSA) is 6.48 Å². The van der Waals surface area contributed by atoms with E-state index in [0.29, 0.717) is 0 Å². The first-order valence-corrected chi connectivity index (χ1v) is 4.24. The number of rotatable bonds is 6. The molecule has 0 spiro atoms. The number of hydrogen-bond donors (Lipinski definition) is 0. The van der Waals surface area contributed by atoms with Gasteiger partial charge in [-0.2, -0.15) is 12.8 Å². The Morgan fingerprint density at radius 3 is 1.42 bits per heavy atom. The molecular formula is C9H21LiN2. The summed E-state index contributed by atoms with van der Waals surface area (Å²) in [6, 6.07) is 0. The summed E-state index contributed by atoms with van der Waals surface area (Å²) in [6.07, 6.45) is 4.78. The number of unbranched alkanes of at least 4 members (excludes halogenated alkanes) is 2. The van der Waals surface area contributed by atoms with Gasteiger partial charge >= 0.3 is 18.9 Å². The summed E-state index contributed by atoms with van der Waals surface area (Å²) in [4.78, 5) is 4.43. The molecule has 0 heterocycles. The zero-order valence-electron chi connectivity index (χ0n) is 9.30. The molecule has 0 aliphatic heterocycles. The predicted molar refractivity (Wildman–Crippen MR) is 50.6 cm³/mol. The molecule has 0 rings (SSSR count). The molecule has 0 amide bonds. The Hall–Kier alpha value is 0.517. The molecule has 0 fully saturated rings. The molecule has 68 valence electrons. The van der Waals surface area contributed by atoms with E-state index < -0.39 is 0 Å². The SMILES string of the molecule is CN(C)CC[CH-]CCN(C)C.[Li+]. The quantitative estimate of drug-likeness (QED) is 0.257. The molecule has 0 saturated heterocycles. The summed E-state index contributed by atoms with van der Waals surface area (Å²) in [7, 11) is 8.44. The van der Waals surface area contributed by atoms with Crippen LogP contribution in [0.3, 0.4) is 0 Å². The molecule has 0 atom stereocenters. The summed E-state index contributed by atoms with van der Waals surface area (Å²) in [5, 5.41) is 0. The van der Waals surface area contributed by atoms with Crippen LogP contribution in [0, 0.1) is 6.42 Å². The Morgan fingerprint density at radius 2 is 1.17 bits per heavy atom. The third-order valence-corrected chi connectivity index (χ3v) is 1.56. The van der Waals surface area contributed by atoms with Gasteiger partial charge in [0.1, 0.15) is 0 Å². The Bertz CT molecular complexity index is 74.6. The number of nitrogens with zero attached hydrogens (tertiary/aromatic N) is 2. The van der Waals surface area contributed by atoms with E-state index in [1.807, 2.05) is 0 Å². The van der Waals surface area contributed by atoms with Gasteiger partial charge < -0.3 is 16.2 Å². The van der Waals surface area contributed by atoms with Crippen molar-refractivity contribution in [1.29, 1.82) is 0 Å². The minimum absolute atomic E-state index is 0. The van der Waals surface area contributed by atoms with Crippen molar-refractivity contribution in [1.82, 2.24) is 9.80 Å². The van der Waals surface area contributed by atoms with Crippen LogP contribution in [-0.4, -0.2) is 51.1 Å². The van der Waals surface area contributed by atoms with E-state index in [1.54, 1.807) is 0 Å². The molecule has 0 aliphatic carbocycles. The Balaban J connectivity index is 0. The standard InChI is InChI=1S/C9H21N2.Li/c1-10(2)8-6-5-7-9-11(3)4;/h5H,6-9H2,1-4H3;/q-1;+1. The van der Waals surface area contributed by atoms with Crippen LogP contribution in [0.2, 0.25) is 0 Å². The smallest absolute Gasteiger partial charge is 0.326 e. The van der Waals surface area contributed by atoms with Crippen LogP contribution in [-0.2, 0) is 0 Å². The summed E-state index contributed by atoms with van der Waals surface area (Å²) in [6.45, 7) is 2.35. The average molecular weight is 164 g/mol. The second-order valence-electron chi connectivity index (χ2n) is 3.47. The van der Waals surface area contributed by atoms with E-state index in [2.05, 4.69) is 44.4 Å². The van der Waals surface area contributed by atoms with Gasteiger partial charge in [0.15, 0.2) is 0 Å². The van der Waals surface area contributed by atoms with Crippen LogP contribution < -0.4 is 18.9 Å². The molecule has 0 aromatic carbocycles. The molecule has 0 bridgehead atoms. The van der Waals surface area contributed by atoms with Gasteiger partial charge in [0.05, 0.1) is 0 Å². The first kappa shape index (κ1) is 15.0. The van der Waals surface area contributed by atoms with Gasteiger partial charge in [0.25, 0.3) is 0 Å². The van der Waals surface area contributed by atoms with Crippen molar-refractivity contribution >= 4 is 0 Å². The second-order valence-corrected chi connectivity index (χ2v) is 3.47. The first-order valence-electron chi connectivity index (χ1n) is 4.24. The number of hydrogen-bond acceptors (Lipinski definition) is 2. The van der Waals surface area contributed by atoms with E-state index >= 15 is 0 Å². The summed E-state index contributed by atoms with van der Waals surface area (Å²) >= 11 is 0. The zero-order chi connectivity index (χ0) is 8.69. The molecule has 0 aliphatic rings. The van der Waals surface area contributed by atoms with Crippen molar-refractivity contribution < 1.29 is 18.9 Å². The zero-order valence-corrected chi connectivity index (χ0v) is 9.30. The Morgan fingerprint density at radius 1 is 0.833 bits per heavy atom. The second kappa shape index (κ2) is 9.60. The maximum atomic E-state index is 2.36. The fourth-order valence-corrected chi connectivity index (χ4v) is 0.843. The Labute approximate surface area is 89.5 Å². The largest absolute Gasteiger partial charge is 1.00 e. The van der Waals surface area contributed by atoms with E-state index in [0.717, 1.165) is 0 Å².